The van der Waals surface area contributed by atoms with Crippen molar-refractivity contribution in [3.05, 3.63) is 52.5 Å². The maximum Gasteiger partial charge on any atom is 0.313 e. The first-order chi connectivity index (χ1) is 9.49. The first kappa shape index (κ1) is 14.2. The average molecular weight is 298 g/mol. The molecule has 0 amide bonds. The molecule has 0 radical (unpaired) electrons. The Hall–Kier alpha value is -2.22. The lowest BCUT2D eigenvalue weighted by molar-refractivity contribution is -0.133. The maximum atomic E-state index is 13.7. The minimum atomic E-state index is -1.13. The van der Waals surface area contributed by atoms with Crippen LogP contribution in [0, 0.1) is 11.6 Å². The summed E-state index contributed by atoms with van der Waals surface area (Å²) in [5.41, 5.74) is -1.03. The van der Waals surface area contributed by atoms with Crippen molar-refractivity contribution in [1.82, 2.24) is 9.55 Å². The Morgan fingerprint density at radius 1 is 1.30 bits per heavy atom. The fourth-order valence-corrected chi connectivity index (χ4v) is 2.20. The number of aliphatic carboxylic acids is 1. The second-order valence-electron chi connectivity index (χ2n) is 3.67. The number of carboxylic acids is 1. The fraction of sp³-hybridized carbons (Fsp3) is 0.0833. The van der Waals surface area contributed by atoms with Crippen LogP contribution in [0.15, 0.2) is 40.4 Å². The van der Waals surface area contributed by atoms with Crippen molar-refractivity contribution < 1.29 is 18.7 Å². The van der Waals surface area contributed by atoms with Crippen LogP contribution in [-0.4, -0.2) is 26.4 Å². The smallest absolute Gasteiger partial charge is 0.313 e. The molecule has 0 bridgehead atoms. The van der Waals surface area contributed by atoms with Crippen LogP contribution in [0.4, 0.5) is 8.78 Å². The van der Waals surface area contributed by atoms with Crippen molar-refractivity contribution in [2.24, 2.45) is 0 Å². The van der Waals surface area contributed by atoms with Gasteiger partial charge in [0.05, 0.1) is 5.75 Å². The molecule has 0 unspecified atom stereocenters. The largest absolute Gasteiger partial charge is 0.481 e. The molecule has 1 N–H and O–H groups in total. The Morgan fingerprint density at radius 2 is 1.95 bits per heavy atom. The fourth-order valence-electron chi connectivity index (χ4n) is 1.50. The van der Waals surface area contributed by atoms with Gasteiger partial charge in [0.2, 0.25) is 0 Å². The summed E-state index contributed by atoms with van der Waals surface area (Å²) < 4.78 is 28.5. The van der Waals surface area contributed by atoms with E-state index in [0.29, 0.717) is 11.8 Å². The molecule has 1 heterocycles. The molecule has 2 aromatic rings. The van der Waals surface area contributed by atoms with Gasteiger partial charge in [-0.2, -0.15) is 4.98 Å². The number of rotatable bonds is 4. The molecule has 8 heteroatoms. The van der Waals surface area contributed by atoms with Gasteiger partial charge in [0.1, 0.15) is 17.3 Å². The van der Waals surface area contributed by atoms with Gasteiger partial charge in [-0.25, -0.2) is 8.78 Å². The van der Waals surface area contributed by atoms with E-state index in [2.05, 4.69) is 4.98 Å². The number of thioether (sulfide) groups is 1. The third kappa shape index (κ3) is 3.02. The molecule has 0 aliphatic carbocycles. The third-order valence-electron chi connectivity index (χ3n) is 2.28. The monoisotopic (exact) mass is 298 g/mol. The number of aromatic nitrogens is 2. The van der Waals surface area contributed by atoms with Gasteiger partial charge in [-0.3, -0.25) is 14.2 Å². The summed E-state index contributed by atoms with van der Waals surface area (Å²) >= 11 is 0.701. The zero-order chi connectivity index (χ0) is 14.7. The van der Waals surface area contributed by atoms with E-state index in [9.17, 15) is 18.4 Å². The molecule has 0 aliphatic rings. The number of para-hydroxylation sites is 1. The highest BCUT2D eigenvalue weighted by atomic mass is 32.2. The molecular formula is C12H8F2N2O3S. The van der Waals surface area contributed by atoms with Gasteiger partial charge in [0.25, 0.3) is 5.56 Å². The van der Waals surface area contributed by atoms with Crippen LogP contribution in [0.25, 0.3) is 5.69 Å². The average Bonchev–Trinajstić information content (AvgIpc) is 2.38. The van der Waals surface area contributed by atoms with Crippen LogP contribution >= 0.6 is 11.8 Å². The summed E-state index contributed by atoms with van der Waals surface area (Å²) in [7, 11) is 0. The van der Waals surface area contributed by atoms with Crippen LogP contribution in [-0.2, 0) is 4.79 Å². The summed E-state index contributed by atoms with van der Waals surface area (Å²) in [6.45, 7) is 0. The molecule has 0 aliphatic heterocycles. The number of nitrogens with zero attached hydrogens (tertiary/aromatic N) is 2. The van der Waals surface area contributed by atoms with Gasteiger partial charge < -0.3 is 5.11 Å². The highest BCUT2D eigenvalue weighted by molar-refractivity contribution is 7.99. The van der Waals surface area contributed by atoms with E-state index in [4.69, 9.17) is 5.11 Å². The van der Waals surface area contributed by atoms with E-state index < -0.39 is 28.9 Å². The van der Waals surface area contributed by atoms with Crippen molar-refractivity contribution in [3.8, 4) is 5.69 Å². The van der Waals surface area contributed by atoms with Crippen LogP contribution in [0.2, 0.25) is 0 Å². The molecule has 2 rings (SSSR count). The molecule has 5 nitrogen and oxygen atoms in total. The minimum Gasteiger partial charge on any atom is -0.481 e. The SMILES string of the molecule is O=C(O)CSc1nc(=O)ccn1-c1c(F)cccc1F. The molecule has 1 aromatic heterocycles. The summed E-state index contributed by atoms with van der Waals surface area (Å²) in [5.74, 6) is -3.19. The van der Waals surface area contributed by atoms with Crippen molar-refractivity contribution >= 4 is 17.7 Å². The Kier molecular flexibility index (Phi) is 4.14. The zero-order valence-corrected chi connectivity index (χ0v) is 10.7. The van der Waals surface area contributed by atoms with Gasteiger partial charge >= 0.3 is 5.97 Å². The van der Waals surface area contributed by atoms with Crippen molar-refractivity contribution in [2.45, 2.75) is 5.16 Å². The molecule has 0 spiro atoms. The van der Waals surface area contributed by atoms with Gasteiger partial charge in [-0.15, -0.1) is 0 Å². The van der Waals surface area contributed by atoms with Crippen molar-refractivity contribution in [2.75, 3.05) is 5.75 Å². The number of carbonyl (C=O) groups is 1. The van der Waals surface area contributed by atoms with E-state index in [1.807, 2.05) is 0 Å². The lowest BCUT2D eigenvalue weighted by Gasteiger charge is -2.12. The summed E-state index contributed by atoms with van der Waals surface area (Å²) in [4.78, 5) is 25.3. The summed E-state index contributed by atoms with van der Waals surface area (Å²) in [6, 6.07) is 4.36. The number of hydrogen-bond acceptors (Lipinski definition) is 4. The van der Waals surface area contributed by atoms with E-state index >= 15 is 0 Å². The Labute approximate surface area is 115 Å². The normalized spacial score (nSPS) is 10.5. The first-order valence-electron chi connectivity index (χ1n) is 5.37. The minimum absolute atomic E-state index is 0.0936. The number of carboxylic acid groups (broad SMARTS) is 1. The number of hydrogen-bond donors (Lipinski definition) is 1. The number of halogens is 2. The quantitative estimate of drug-likeness (QED) is 0.687. The molecule has 0 saturated carbocycles. The molecule has 1 aromatic carbocycles. The van der Waals surface area contributed by atoms with Gasteiger partial charge in [0.15, 0.2) is 5.16 Å². The molecule has 0 saturated heterocycles. The molecule has 0 atom stereocenters. The maximum absolute atomic E-state index is 13.7. The van der Waals surface area contributed by atoms with Gasteiger partial charge in [-0.05, 0) is 12.1 Å². The van der Waals surface area contributed by atoms with E-state index in [-0.39, 0.29) is 10.9 Å². The highest BCUT2D eigenvalue weighted by Gasteiger charge is 2.15. The predicted molar refractivity (Wildman–Crippen MR) is 68.1 cm³/mol. The van der Waals surface area contributed by atoms with Crippen molar-refractivity contribution in [1.29, 1.82) is 0 Å². The van der Waals surface area contributed by atoms with Crippen LogP contribution in [0.1, 0.15) is 0 Å². The Bertz CT molecular complexity index is 698. The summed E-state index contributed by atoms with van der Waals surface area (Å²) in [6.07, 6.45) is 1.15. The third-order valence-corrected chi connectivity index (χ3v) is 3.22. The van der Waals surface area contributed by atoms with E-state index in [1.54, 1.807) is 0 Å². The van der Waals surface area contributed by atoms with Gasteiger partial charge in [0, 0.05) is 12.3 Å². The second kappa shape index (κ2) is 5.83. The predicted octanol–water partition coefficient (Wildman–Crippen LogP) is 1.69. The first-order valence-corrected chi connectivity index (χ1v) is 6.36. The molecule has 20 heavy (non-hydrogen) atoms. The van der Waals surface area contributed by atoms with Crippen LogP contribution in [0.3, 0.4) is 0 Å². The molecule has 104 valence electrons. The summed E-state index contributed by atoms with van der Waals surface area (Å²) in [5, 5.41) is 8.54. The van der Waals surface area contributed by atoms with E-state index in [1.165, 1.54) is 6.07 Å². The Balaban J connectivity index is 2.56. The number of benzene rings is 1. The van der Waals surface area contributed by atoms with Crippen molar-refractivity contribution in [3.63, 3.8) is 0 Å². The highest BCUT2D eigenvalue weighted by Crippen LogP contribution is 2.22. The zero-order valence-electron chi connectivity index (χ0n) is 9.92. The van der Waals surface area contributed by atoms with E-state index in [0.717, 1.165) is 29.0 Å². The second-order valence-corrected chi connectivity index (χ2v) is 4.61. The topological polar surface area (TPSA) is 72.2 Å². The standard InChI is InChI=1S/C12H8F2N2O3S/c13-7-2-1-3-8(14)11(7)16-5-4-9(17)15-12(16)20-6-10(18)19/h1-5H,6H2,(H,18,19). The molecule has 0 fully saturated rings. The molecular weight excluding hydrogens is 290 g/mol. The lowest BCUT2D eigenvalue weighted by atomic mass is 10.3. The van der Waals surface area contributed by atoms with Crippen LogP contribution < -0.4 is 5.56 Å². The lowest BCUT2D eigenvalue weighted by Crippen LogP contribution is -2.15. The Morgan fingerprint density at radius 3 is 2.55 bits per heavy atom. The van der Waals surface area contributed by atoms with Gasteiger partial charge in [-0.1, -0.05) is 17.8 Å². The van der Waals surface area contributed by atoms with Crippen LogP contribution in [0.5, 0.6) is 0 Å².